The maximum atomic E-state index is 13.2. The Balaban J connectivity index is 2.03. The first-order valence-electron chi connectivity index (χ1n) is 6.33. The number of likely N-dealkylation sites (N-methyl/N-ethyl adjacent to an activating group) is 1. The third-order valence-electron chi connectivity index (χ3n) is 3.61. The summed E-state index contributed by atoms with van der Waals surface area (Å²) in [4.78, 5) is 0. The first-order chi connectivity index (χ1) is 8.60. The molecule has 100 valence electrons. The van der Waals surface area contributed by atoms with Gasteiger partial charge >= 0.3 is 0 Å². The maximum absolute atomic E-state index is 13.2. The van der Waals surface area contributed by atoms with Crippen molar-refractivity contribution in [2.24, 2.45) is 5.92 Å². The Hall–Kier alpha value is -0.450. The zero-order valence-corrected chi connectivity index (χ0v) is 12.3. The quantitative estimate of drug-likeness (QED) is 0.921. The lowest BCUT2D eigenvalue weighted by Gasteiger charge is -2.22. The van der Waals surface area contributed by atoms with Crippen molar-refractivity contribution in [2.75, 3.05) is 13.7 Å². The van der Waals surface area contributed by atoms with Crippen LogP contribution in [-0.4, -0.2) is 25.8 Å². The number of hydrogen-bond acceptors (Lipinski definition) is 2. The van der Waals surface area contributed by atoms with E-state index in [1.165, 1.54) is 6.07 Å². The molecule has 1 aliphatic rings. The minimum Gasteiger partial charge on any atom is -0.378 e. The molecule has 1 aliphatic heterocycles. The molecule has 1 N–H and O–H groups in total. The van der Waals surface area contributed by atoms with Crippen LogP contribution in [0.1, 0.15) is 18.9 Å². The highest BCUT2D eigenvalue weighted by atomic mass is 79.9. The molecule has 3 unspecified atom stereocenters. The van der Waals surface area contributed by atoms with Crippen LogP contribution in [-0.2, 0) is 11.2 Å². The van der Waals surface area contributed by atoms with Gasteiger partial charge in [-0.15, -0.1) is 0 Å². The lowest BCUT2D eigenvalue weighted by atomic mass is 9.92. The number of benzene rings is 1. The fraction of sp³-hybridized carbons (Fsp3) is 0.571. The normalized spacial score (nSPS) is 25.3. The topological polar surface area (TPSA) is 21.3 Å². The molecule has 0 saturated carbocycles. The molecular weight excluding hydrogens is 297 g/mol. The number of hydrogen-bond donors (Lipinski definition) is 1. The fourth-order valence-electron chi connectivity index (χ4n) is 2.56. The Kier molecular flexibility index (Phi) is 4.76. The Bertz CT molecular complexity index is 413. The van der Waals surface area contributed by atoms with Crippen LogP contribution in [0.2, 0.25) is 0 Å². The lowest BCUT2D eigenvalue weighted by molar-refractivity contribution is 0.117. The van der Waals surface area contributed by atoms with Crippen LogP contribution < -0.4 is 5.32 Å². The molecule has 0 aliphatic carbocycles. The minimum atomic E-state index is -0.211. The van der Waals surface area contributed by atoms with E-state index in [9.17, 15) is 4.39 Å². The van der Waals surface area contributed by atoms with Crippen LogP contribution in [0.15, 0.2) is 22.7 Å². The van der Waals surface area contributed by atoms with Gasteiger partial charge in [0.05, 0.1) is 17.2 Å². The largest absolute Gasteiger partial charge is 0.378 e. The summed E-state index contributed by atoms with van der Waals surface area (Å²) in [7, 11) is 1.98. The predicted octanol–water partition coefficient (Wildman–Crippen LogP) is 3.14. The van der Waals surface area contributed by atoms with Gasteiger partial charge in [0, 0.05) is 12.0 Å². The van der Waals surface area contributed by atoms with E-state index in [0.29, 0.717) is 22.5 Å². The standard InChI is InChI=1S/C14H19BrFNO/c1-9-5-11(8-18-9)14(17-2)7-10-3-4-13(16)12(15)6-10/h3-4,6,9,11,14,17H,5,7-8H2,1-2H3. The van der Waals surface area contributed by atoms with Crippen molar-refractivity contribution >= 4 is 15.9 Å². The number of halogens is 2. The maximum Gasteiger partial charge on any atom is 0.137 e. The number of nitrogens with one attached hydrogen (secondary N) is 1. The molecule has 0 radical (unpaired) electrons. The molecule has 3 atom stereocenters. The molecule has 0 spiro atoms. The Morgan fingerprint density at radius 3 is 2.89 bits per heavy atom. The van der Waals surface area contributed by atoms with Gasteiger partial charge < -0.3 is 10.1 Å². The Morgan fingerprint density at radius 1 is 1.56 bits per heavy atom. The summed E-state index contributed by atoms with van der Waals surface area (Å²) in [5.41, 5.74) is 1.14. The average Bonchev–Trinajstić information content (AvgIpc) is 2.77. The highest BCUT2D eigenvalue weighted by Crippen LogP contribution is 2.25. The highest BCUT2D eigenvalue weighted by molar-refractivity contribution is 9.10. The molecule has 18 heavy (non-hydrogen) atoms. The number of rotatable bonds is 4. The Morgan fingerprint density at radius 2 is 2.33 bits per heavy atom. The van der Waals surface area contributed by atoms with Gasteiger partial charge in [0.1, 0.15) is 5.82 Å². The van der Waals surface area contributed by atoms with Crippen LogP contribution in [0, 0.1) is 11.7 Å². The van der Waals surface area contributed by atoms with Crippen molar-refractivity contribution in [3.05, 3.63) is 34.1 Å². The van der Waals surface area contributed by atoms with Gasteiger partial charge in [-0.3, -0.25) is 0 Å². The molecule has 4 heteroatoms. The molecule has 1 aromatic carbocycles. The molecule has 2 nitrogen and oxygen atoms in total. The summed E-state index contributed by atoms with van der Waals surface area (Å²) in [5, 5.41) is 3.36. The molecule has 1 fully saturated rings. The lowest BCUT2D eigenvalue weighted by Crippen LogP contribution is -2.36. The van der Waals surface area contributed by atoms with E-state index in [4.69, 9.17) is 4.74 Å². The van der Waals surface area contributed by atoms with E-state index >= 15 is 0 Å². The van der Waals surface area contributed by atoms with Crippen molar-refractivity contribution in [1.82, 2.24) is 5.32 Å². The summed E-state index contributed by atoms with van der Waals surface area (Å²) >= 11 is 3.23. The first-order valence-corrected chi connectivity index (χ1v) is 7.12. The summed E-state index contributed by atoms with van der Waals surface area (Å²) in [6.45, 7) is 2.93. The third kappa shape index (κ3) is 3.31. The zero-order valence-electron chi connectivity index (χ0n) is 10.7. The van der Waals surface area contributed by atoms with Gasteiger partial charge in [0.25, 0.3) is 0 Å². The second-order valence-electron chi connectivity index (χ2n) is 4.99. The molecule has 1 saturated heterocycles. The zero-order chi connectivity index (χ0) is 13.1. The van der Waals surface area contributed by atoms with E-state index in [0.717, 1.165) is 25.0 Å². The van der Waals surface area contributed by atoms with Gasteiger partial charge in [-0.05, 0) is 60.4 Å². The van der Waals surface area contributed by atoms with Crippen molar-refractivity contribution in [3.8, 4) is 0 Å². The van der Waals surface area contributed by atoms with Crippen LogP contribution in [0.4, 0.5) is 4.39 Å². The van der Waals surface area contributed by atoms with Crippen LogP contribution in [0.5, 0.6) is 0 Å². The van der Waals surface area contributed by atoms with Crippen LogP contribution >= 0.6 is 15.9 Å². The van der Waals surface area contributed by atoms with E-state index < -0.39 is 0 Å². The van der Waals surface area contributed by atoms with Gasteiger partial charge in [-0.2, -0.15) is 0 Å². The van der Waals surface area contributed by atoms with E-state index in [2.05, 4.69) is 28.2 Å². The van der Waals surface area contributed by atoms with Crippen LogP contribution in [0.25, 0.3) is 0 Å². The van der Waals surface area contributed by atoms with Crippen molar-refractivity contribution in [2.45, 2.75) is 31.9 Å². The van der Waals surface area contributed by atoms with Gasteiger partial charge in [-0.1, -0.05) is 6.07 Å². The molecule has 0 amide bonds. The smallest absolute Gasteiger partial charge is 0.137 e. The molecule has 0 bridgehead atoms. The molecule has 2 rings (SSSR count). The van der Waals surface area contributed by atoms with Gasteiger partial charge in [0.15, 0.2) is 0 Å². The molecule has 1 heterocycles. The first kappa shape index (κ1) is 14.0. The van der Waals surface area contributed by atoms with Gasteiger partial charge in [-0.25, -0.2) is 4.39 Å². The summed E-state index contributed by atoms with van der Waals surface area (Å²) in [6.07, 6.45) is 2.34. The van der Waals surface area contributed by atoms with E-state index in [1.54, 1.807) is 0 Å². The second kappa shape index (κ2) is 6.13. The molecule has 1 aromatic rings. The summed E-state index contributed by atoms with van der Waals surface area (Å²) < 4.78 is 19.3. The summed E-state index contributed by atoms with van der Waals surface area (Å²) in [6, 6.07) is 5.61. The summed E-state index contributed by atoms with van der Waals surface area (Å²) in [5.74, 6) is 0.325. The average molecular weight is 316 g/mol. The second-order valence-corrected chi connectivity index (χ2v) is 5.84. The highest BCUT2D eigenvalue weighted by Gasteiger charge is 2.28. The van der Waals surface area contributed by atoms with Crippen molar-refractivity contribution < 1.29 is 9.13 Å². The monoisotopic (exact) mass is 315 g/mol. The van der Waals surface area contributed by atoms with E-state index in [1.807, 2.05) is 19.2 Å². The third-order valence-corrected chi connectivity index (χ3v) is 4.22. The van der Waals surface area contributed by atoms with Gasteiger partial charge in [0.2, 0.25) is 0 Å². The number of ether oxygens (including phenoxy) is 1. The SMILES string of the molecule is CNC(Cc1ccc(F)c(Br)c1)C1COC(C)C1. The molecular formula is C14H19BrFNO. The molecule has 0 aromatic heterocycles. The van der Waals surface area contributed by atoms with Crippen molar-refractivity contribution in [1.29, 1.82) is 0 Å². The predicted molar refractivity (Wildman–Crippen MR) is 74.2 cm³/mol. The van der Waals surface area contributed by atoms with Crippen molar-refractivity contribution in [3.63, 3.8) is 0 Å². The van der Waals surface area contributed by atoms with Crippen LogP contribution in [0.3, 0.4) is 0 Å². The fourth-order valence-corrected chi connectivity index (χ4v) is 2.98. The minimum absolute atomic E-state index is 0.211. The van der Waals surface area contributed by atoms with E-state index in [-0.39, 0.29) is 5.82 Å². The Labute approximate surface area is 116 Å².